The molecule has 0 saturated heterocycles. The Hall–Kier alpha value is -1.78. The van der Waals surface area contributed by atoms with E-state index in [2.05, 4.69) is 48.7 Å². The van der Waals surface area contributed by atoms with Gasteiger partial charge in [-0.1, -0.05) is 42.0 Å². The lowest BCUT2D eigenvalue weighted by Crippen LogP contribution is -2.31. The Kier molecular flexibility index (Phi) is 5.21. The highest BCUT2D eigenvalue weighted by Gasteiger charge is 2.01. The molecule has 0 aliphatic rings. The van der Waals surface area contributed by atoms with E-state index in [0.717, 1.165) is 11.3 Å². The fourth-order valence-electron chi connectivity index (χ4n) is 1.79. The number of hydrogen-bond donors (Lipinski definition) is 2. The summed E-state index contributed by atoms with van der Waals surface area (Å²) in [6.07, 6.45) is 0.321. The molecule has 0 bridgehead atoms. The number of thioether (sulfide) groups is 1. The average molecular weight is 286 g/mol. The lowest BCUT2D eigenvalue weighted by atomic mass is 10.1. The van der Waals surface area contributed by atoms with Crippen molar-refractivity contribution in [2.75, 3.05) is 0 Å². The molecule has 0 aliphatic heterocycles. The molecule has 2 aromatic carbocycles. The van der Waals surface area contributed by atoms with Crippen LogP contribution in [-0.2, 0) is 17.0 Å². The average Bonchev–Trinajstić information content (AvgIpc) is 2.48. The molecule has 0 fully saturated rings. The maximum absolute atomic E-state index is 11.2. The number of carbonyl (C=O) groups is 1. The second kappa shape index (κ2) is 7.12. The Balaban J connectivity index is 1.90. The number of nitrogens with one attached hydrogen (secondary N) is 1. The van der Waals surface area contributed by atoms with Crippen molar-refractivity contribution in [1.82, 2.24) is 5.43 Å². The van der Waals surface area contributed by atoms with Gasteiger partial charge in [-0.05, 0) is 30.2 Å². The first-order valence-electron chi connectivity index (χ1n) is 6.44. The second-order valence-corrected chi connectivity index (χ2v) is 5.71. The molecule has 0 spiro atoms. The fourth-order valence-corrected chi connectivity index (χ4v) is 2.65. The van der Waals surface area contributed by atoms with E-state index in [1.165, 1.54) is 16.0 Å². The Morgan fingerprint density at radius 3 is 2.25 bits per heavy atom. The summed E-state index contributed by atoms with van der Waals surface area (Å²) >= 11 is 1.81. The Morgan fingerprint density at radius 1 is 1.05 bits per heavy atom. The summed E-state index contributed by atoms with van der Waals surface area (Å²) in [5.41, 5.74) is 5.62. The zero-order valence-corrected chi connectivity index (χ0v) is 12.2. The molecule has 0 saturated carbocycles. The predicted octanol–water partition coefficient (Wildman–Crippen LogP) is 2.82. The van der Waals surface area contributed by atoms with Crippen LogP contribution in [-0.4, -0.2) is 5.91 Å². The summed E-state index contributed by atoms with van der Waals surface area (Å²) in [6, 6.07) is 16.6. The van der Waals surface area contributed by atoms with Crippen LogP contribution in [0.2, 0.25) is 0 Å². The van der Waals surface area contributed by atoms with E-state index in [1.807, 2.05) is 23.9 Å². The first-order valence-corrected chi connectivity index (χ1v) is 7.42. The molecule has 0 aromatic heterocycles. The summed E-state index contributed by atoms with van der Waals surface area (Å²) < 4.78 is 0. The van der Waals surface area contributed by atoms with Crippen LogP contribution in [0.5, 0.6) is 0 Å². The van der Waals surface area contributed by atoms with Gasteiger partial charge in [-0.2, -0.15) is 0 Å². The zero-order chi connectivity index (χ0) is 14.4. The quantitative estimate of drug-likeness (QED) is 0.384. The minimum Gasteiger partial charge on any atom is -0.294 e. The standard InChI is InChI=1S/C16H18N2OS/c1-12-2-8-15(9-3-12)20-11-14-6-4-13(5-7-14)10-16(19)18-17/h2-9H,10-11,17H2,1H3,(H,18,19). The van der Waals surface area contributed by atoms with Crippen molar-refractivity contribution >= 4 is 17.7 Å². The third kappa shape index (κ3) is 4.40. The third-order valence-corrected chi connectivity index (χ3v) is 4.06. The number of benzene rings is 2. The van der Waals surface area contributed by atoms with Gasteiger partial charge < -0.3 is 0 Å². The number of nitrogens with two attached hydrogens (primary N) is 1. The molecule has 0 radical (unpaired) electrons. The van der Waals surface area contributed by atoms with Gasteiger partial charge in [0.05, 0.1) is 6.42 Å². The lowest BCUT2D eigenvalue weighted by molar-refractivity contribution is -0.120. The normalized spacial score (nSPS) is 10.3. The van der Waals surface area contributed by atoms with Crippen LogP contribution >= 0.6 is 11.8 Å². The Bertz CT molecular complexity index is 564. The van der Waals surface area contributed by atoms with Crippen LogP contribution in [0.1, 0.15) is 16.7 Å². The van der Waals surface area contributed by atoms with Crippen molar-refractivity contribution in [1.29, 1.82) is 0 Å². The SMILES string of the molecule is Cc1ccc(SCc2ccc(CC(=O)NN)cc2)cc1. The maximum Gasteiger partial charge on any atom is 0.238 e. The zero-order valence-electron chi connectivity index (χ0n) is 11.4. The van der Waals surface area contributed by atoms with E-state index < -0.39 is 0 Å². The van der Waals surface area contributed by atoms with E-state index in [0.29, 0.717) is 6.42 Å². The van der Waals surface area contributed by atoms with E-state index in [-0.39, 0.29) is 5.91 Å². The molecular formula is C16H18N2OS. The maximum atomic E-state index is 11.2. The van der Waals surface area contributed by atoms with Crippen molar-refractivity contribution in [2.45, 2.75) is 24.0 Å². The highest BCUT2D eigenvalue weighted by Crippen LogP contribution is 2.23. The van der Waals surface area contributed by atoms with Crippen molar-refractivity contribution in [3.8, 4) is 0 Å². The van der Waals surface area contributed by atoms with Crippen LogP contribution in [0.15, 0.2) is 53.4 Å². The Labute approximate surface area is 123 Å². The number of amides is 1. The smallest absolute Gasteiger partial charge is 0.238 e. The van der Waals surface area contributed by atoms with Gasteiger partial charge in [-0.15, -0.1) is 11.8 Å². The largest absolute Gasteiger partial charge is 0.294 e. The van der Waals surface area contributed by atoms with Crippen LogP contribution in [0, 0.1) is 6.92 Å². The van der Waals surface area contributed by atoms with Crippen LogP contribution in [0.25, 0.3) is 0 Å². The summed E-state index contributed by atoms with van der Waals surface area (Å²) in [5.74, 6) is 5.82. The van der Waals surface area contributed by atoms with Gasteiger partial charge >= 0.3 is 0 Å². The second-order valence-electron chi connectivity index (χ2n) is 4.66. The number of hydrogen-bond acceptors (Lipinski definition) is 3. The van der Waals surface area contributed by atoms with Gasteiger partial charge in [0.2, 0.25) is 5.91 Å². The molecule has 104 valence electrons. The van der Waals surface area contributed by atoms with Gasteiger partial charge in [0.15, 0.2) is 0 Å². The molecule has 3 nitrogen and oxygen atoms in total. The summed E-state index contributed by atoms with van der Waals surface area (Å²) in [6.45, 7) is 2.09. The van der Waals surface area contributed by atoms with Crippen molar-refractivity contribution in [3.63, 3.8) is 0 Å². The molecule has 0 aliphatic carbocycles. The van der Waals surface area contributed by atoms with E-state index in [9.17, 15) is 4.79 Å². The monoisotopic (exact) mass is 286 g/mol. The molecule has 1 amide bonds. The number of carbonyl (C=O) groups excluding carboxylic acids is 1. The van der Waals surface area contributed by atoms with E-state index in [4.69, 9.17) is 5.84 Å². The third-order valence-electron chi connectivity index (χ3n) is 2.98. The molecule has 0 atom stereocenters. The summed E-state index contributed by atoms with van der Waals surface area (Å²) in [7, 11) is 0. The summed E-state index contributed by atoms with van der Waals surface area (Å²) in [5, 5.41) is 0. The van der Waals surface area contributed by atoms with E-state index in [1.54, 1.807) is 0 Å². The Morgan fingerprint density at radius 2 is 1.65 bits per heavy atom. The van der Waals surface area contributed by atoms with Gasteiger partial charge in [0.1, 0.15) is 0 Å². The highest BCUT2D eigenvalue weighted by atomic mass is 32.2. The highest BCUT2D eigenvalue weighted by molar-refractivity contribution is 7.98. The molecule has 0 heterocycles. The van der Waals surface area contributed by atoms with Crippen molar-refractivity contribution < 1.29 is 4.79 Å². The molecule has 3 N–H and O–H groups in total. The van der Waals surface area contributed by atoms with Gasteiger partial charge in [-0.25, -0.2) is 5.84 Å². The molecule has 4 heteroatoms. The van der Waals surface area contributed by atoms with Crippen molar-refractivity contribution in [2.24, 2.45) is 5.84 Å². The number of rotatable bonds is 5. The number of hydrazine groups is 1. The van der Waals surface area contributed by atoms with Crippen LogP contribution in [0.4, 0.5) is 0 Å². The first-order chi connectivity index (χ1) is 9.67. The molecular weight excluding hydrogens is 268 g/mol. The van der Waals surface area contributed by atoms with Gasteiger partial charge in [0.25, 0.3) is 0 Å². The molecule has 0 unspecified atom stereocenters. The summed E-state index contributed by atoms with van der Waals surface area (Å²) in [4.78, 5) is 12.4. The predicted molar refractivity (Wildman–Crippen MR) is 83.2 cm³/mol. The van der Waals surface area contributed by atoms with Gasteiger partial charge in [0, 0.05) is 10.6 Å². The van der Waals surface area contributed by atoms with Crippen LogP contribution < -0.4 is 11.3 Å². The lowest BCUT2D eigenvalue weighted by Gasteiger charge is -2.05. The fraction of sp³-hybridized carbons (Fsp3) is 0.188. The van der Waals surface area contributed by atoms with Crippen molar-refractivity contribution in [3.05, 3.63) is 65.2 Å². The first kappa shape index (κ1) is 14.6. The topological polar surface area (TPSA) is 55.1 Å². The van der Waals surface area contributed by atoms with E-state index >= 15 is 0 Å². The molecule has 20 heavy (non-hydrogen) atoms. The van der Waals surface area contributed by atoms with Crippen LogP contribution in [0.3, 0.4) is 0 Å². The molecule has 2 aromatic rings. The number of aryl methyl sites for hydroxylation is 1. The minimum absolute atomic E-state index is 0.174. The molecule has 2 rings (SSSR count). The van der Waals surface area contributed by atoms with Gasteiger partial charge in [-0.3, -0.25) is 10.2 Å². The minimum atomic E-state index is -0.174.